The SMILES string of the molecule is Cc1cn([C@@H]2C[C@H](c3ccccc3Cl)N(Cc3ccccc3)O2)c(=O)[nH]c1=O. The van der Waals surface area contributed by atoms with E-state index in [1.54, 1.807) is 13.1 Å². The van der Waals surface area contributed by atoms with E-state index >= 15 is 0 Å². The smallest absolute Gasteiger partial charge is 0.274 e. The van der Waals surface area contributed by atoms with Crippen LogP contribution >= 0.6 is 11.6 Å². The molecule has 0 radical (unpaired) electrons. The monoisotopic (exact) mass is 397 g/mol. The van der Waals surface area contributed by atoms with Crippen molar-refractivity contribution in [3.63, 3.8) is 0 Å². The van der Waals surface area contributed by atoms with Gasteiger partial charge in [0.1, 0.15) is 0 Å². The molecule has 1 saturated heterocycles. The molecule has 0 bridgehead atoms. The fraction of sp³-hybridized carbons (Fsp3) is 0.238. The first-order valence-corrected chi connectivity index (χ1v) is 9.44. The second-order valence-electron chi connectivity index (χ2n) is 6.87. The van der Waals surface area contributed by atoms with Crippen LogP contribution in [0.4, 0.5) is 0 Å². The van der Waals surface area contributed by atoms with Gasteiger partial charge in [-0.15, -0.1) is 0 Å². The lowest BCUT2D eigenvalue weighted by Crippen LogP contribution is -2.33. The number of benzene rings is 2. The minimum atomic E-state index is -0.534. The second-order valence-corrected chi connectivity index (χ2v) is 7.28. The number of aromatic amines is 1. The third kappa shape index (κ3) is 3.67. The van der Waals surface area contributed by atoms with Crippen molar-refractivity contribution >= 4 is 11.6 Å². The molecule has 1 aliphatic heterocycles. The van der Waals surface area contributed by atoms with Crippen LogP contribution in [-0.2, 0) is 11.4 Å². The van der Waals surface area contributed by atoms with Gasteiger partial charge in [0.25, 0.3) is 5.56 Å². The lowest BCUT2D eigenvalue weighted by molar-refractivity contribution is -0.191. The van der Waals surface area contributed by atoms with Gasteiger partial charge in [0.2, 0.25) is 0 Å². The summed E-state index contributed by atoms with van der Waals surface area (Å²) in [5.74, 6) is 0. The van der Waals surface area contributed by atoms with E-state index in [9.17, 15) is 9.59 Å². The zero-order valence-electron chi connectivity index (χ0n) is 15.3. The molecular weight excluding hydrogens is 378 g/mol. The van der Waals surface area contributed by atoms with E-state index in [4.69, 9.17) is 16.4 Å². The Labute approximate surface area is 166 Å². The van der Waals surface area contributed by atoms with Gasteiger partial charge in [0, 0.05) is 29.7 Å². The summed E-state index contributed by atoms with van der Waals surface area (Å²) in [4.78, 5) is 32.5. The summed E-state index contributed by atoms with van der Waals surface area (Å²) >= 11 is 6.45. The van der Waals surface area contributed by atoms with Crippen molar-refractivity contribution in [2.45, 2.75) is 32.2 Å². The number of halogens is 1. The van der Waals surface area contributed by atoms with Crippen LogP contribution in [-0.4, -0.2) is 14.6 Å². The maximum atomic E-state index is 12.3. The number of nitrogens with one attached hydrogen (secondary N) is 1. The van der Waals surface area contributed by atoms with Gasteiger partial charge in [-0.1, -0.05) is 60.1 Å². The minimum Gasteiger partial charge on any atom is -0.274 e. The molecule has 1 fully saturated rings. The van der Waals surface area contributed by atoms with Crippen LogP contribution in [0, 0.1) is 6.92 Å². The first kappa shape index (κ1) is 18.7. The van der Waals surface area contributed by atoms with Crippen LogP contribution in [0.25, 0.3) is 0 Å². The van der Waals surface area contributed by atoms with Crippen molar-refractivity contribution < 1.29 is 4.84 Å². The van der Waals surface area contributed by atoms with Gasteiger partial charge in [-0.2, -0.15) is 5.06 Å². The molecule has 2 heterocycles. The Morgan fingerprint density at radius 1 is 1.11 bits per heavy atom. The summed E-state index contributed by atoms with van der Waals surface area (Å²) in [6, 6.07) is 17.5. The number of hydroxylamine groups is 2. The summed E-state index contributed by atoms with van der Waals surface area (Å²) in [6.07, 6.45) is 1.54. The Morgan fingerprint density at radius 2 is 1.82 bits per heavy atom. The van der Waals surface area contributed by atoms with Gasteiger partial charge in [0.15, 0.2) is 6.23 Å². The van der Waals surface area contributed by atoms with Crippen LogP contribution in [0.2, 0.25) is 5.02 Å². The predicted molar refractivity (Wildman–Crippen MR) is 107 cm³/mol. The first-order chi connectivity index (χ1) is 13.5. The van der Waals surface area contributed by atoms with Gasteiger partial charge in [0.05, 0.1) is 6.04 Å². The third-order valence-electron chi connectivity index (χ3n) is 4.93. The first-order valence-electron chi connectivity index (χ1n) is 9.07. The summed E-state index contributed by atoms with van der Waals surface area (Å²) in [7, 11) is 0. The maximum Gasteiger partial charge on any atom is 0.330 e. The molecule has 0 unspecified atom stereocenters. The van der Waals surface area contributed by atoms with E-state index in [0.29, 0.717) is 23.6 Å². The Morgan fingerprint density at radius 3 is 2.57 bits per heavy atom. The minimum absolute atomic E-state index is 0.127. The summed E-state index contributed by atoms with van der Waals surface area (Å²) in [5.41, 5.74) is 1.61. The number of H-pyrrole nitrogens is 1. The molecule has 28 heavy (non-hydrogen) atoms. The van der Waals surface area contributed by atoms with E-state index < -0.39 is 11.9 Å². The molecule has 1 N–H and O–H groups in total. The van der Waals surface area contributed by atoms with Crippen molar-refractivity contribution in [2.24, 2.45) is 0 Å². The molecule has 1 aromatic heterocycles. The van der Waals surface area contributed by atoms with Gasteiger partial charge in [-0.25, -0.2) is 4.79 Å². The highest BCUT2D eigenvalue weighted by Crippen LogP contribution is 2.41. The molecule has 2 aromatic carbocycles. The standard InChI is InChI=1S/C21H20ClN3O3/c1-14-12-24(21(27)23-20(14)26)19-11-18(16-9-5-6-10-17(16)22)25(28-19)13-15-7-3-2-4-8-15/h2-10,12,18-19H,11,13H2,1H3,(H,23,26,27)/t18-,19+/m1/s1. The molecule has 0 spiro atoms. The third-order valence-corrected chi connectivity index (χ3v) is 5.28. The van der Waals surface area contributed by atoms with Crippen molar-refractivity contribution in [3.8, 4) is 0 Å². The summed E-state index contributed by atoms with van der Waals surface area (Å²) in [6.45, 7) is 2.21. The molecule has 1 aliphatic rings. The Bertz CT molecular complexity index is 1090. The van der Waals surface area contributed by atoms with Crippen molar-refractivity contribution in [3.05, 3.63) is 103 Å². The zero-order valence-corrected chi connectivity index (χ0v) is 16.1. The fourth-order valence-corrected chi connectivity index (χ4v) is 3.75. The Hall–Kier alpha value is -2.67. The van der Waals surface area contributed by atoms with Gasteiger partial charge < -0.3 is 0 Å². The topological polar surface area (TPSA) is 67.3 Å². The molecule has 0 saturated carbocycles. The number of hydrogen-bond donors (Lipinski definition) is 1. The summed E-state index contributed by atoms with van der Waals surface area (Å²) < 4.78 is 1.44. The number of aromatic nitrogens is 2. The maximum absolute atomic E-state index is 12.3. The number of nitrogens with zero attached hydrogens (tertiary/aromatic N) is 2. The Kier molecular flexibility index (Phi) is 5.17. The number of aryl methyl sites for hydroxylation is 1. The average Bonchev–Trinajstić information content (AvgIpc) is 3.09. The van der Waals surface area contributed by atoms with Gasteiger partial charge >= 0.3 is 5.69 Å². The molecule has 7 heteroatoms. The lowest BCUT2D eigenvalue weighted by Gasteiger charge is -2.23. The largest absolute Gasteiger partial charge is 0.330 e. The normalized spacial score (nSPS) is 19.8. The molecule has 2 atom stereocenters. The average molecular weight is 398 g/mol. The van der Waals surface area contributed by atoms with Crippen LogP contribution in [0.3, 0.4) is 0 Å². The van der Waals surface area contributed by atoms with Crippen LogP contribution in [0.15, 0.2) is 70.4 Å². The van der Waals surface area contributed by atoms with Crippen LogP contribution in [0.5, 0.6) is 0 Å². The number of rotatable bonds is 4. The summed E-state index contributed by atoms with van der Waals surface area (Å²) in [5, 5.41) is 2.51. The molecular formula is C21H20ClN3O3. The van der Waals surface area contributed by atoms with E-state index in [1.807, 2.05) is 59.7 Å². The van der Waals surface area contributed by atoms with Crippen molar-refractivity contribution in [1.29, 1.82) is 0 Å². The molecule has 0 amide bonds. The van der Waals surface area contributed by atoms with E-state index in [0.717, 1.165) is 11.1 Å². The Balaban J connectivity index is 1.71. The van der Waals surface area contributed by atoms with E-state index in [-0.39, 0.29) is 11.6 Å². The molecule has 144 valence electrons. The molecule has 6 nitrogen and oxygen atoms in total. The molecule has 4 rings (SSSR count). The zero-order chi connectivity index (χ0) is 19.7. The molecule has 3 aromatic rings. The predicted octanol–water partition coefficient (Wildman–Crippen LogP) is 3.58. The van der Waals surface area contributed by atoms with E-state index in [2.05, 4.69) is 4.98 Å². The highest BCUT2D eigenvalue weighted by molar-refractivity contribution is 6.31. The molecule has 0 aliphatic carbocycles. The van der Waals surface area contributed by atoms with Gasteiger partial charge in [-0.05, 0) is 24.1 Å². The quantitative estimate of drug-likeness (QED) is 0.730. The second kappa shape index (κ2) is 7.75. The number of hydrogen-bond acceptors (Lipinski definition) is 4. The van der Waals surface area contributed by atoms with Crippen molar-refractivity contribution in [2.75, 3.05) is 0 Å². The highest BCUT2D eigenvalue weighted by atomic mass is 35.5. The lowest BCUT2D eigenvalue weighted by atomic mass is 10.0. The van der Waals surface area contributed by atoms with Crippen LogP contribution in [0.1, 0.15) is 35.4 Å². The highest BCUT2D eigenvalue weighted by Gasteiger charge is 2.37. The van der Waals surface area contributed by atoms with Crippen molar-refractivity contribution in [1.82, 2.24) is 14.6 Å². The van der Waals surface area contributed by atoms with Crippen LogP contribution < -0.4 is 11.2 Å². The fourth-order valence-electron chi connectivity index (χ4n) is 3.48. The van der Waals surface area contributed by atoms with E-state index in [1.165, 1.54) is 4.57 Å². The van der Waals surface area contributed by atoms with Gasteiger partial charge in [-0.3, -0.25) is 19.2 Å².